The molecule has 0 saturated heterocycles. The number of hydrogen-bond acceptors (Lipinski definition) is 0. The zero-order valence-electron chi connectivity index (χ0n) is 27.6. The van der Waals surface area contributed by atoms with Crippen molar-refractivity contribution in [1.29, 1.82) is 0 Å². The van der Waals surface area contributed by atoms with E-state index in [1.807, 2.05) is 0 Å². The summed E-state index contributed by atoms with van der Waals surface area (Å²) in [4.78, 5) is 0. The molecule has 0 heterocycles. The van der Waals surface area contributed by atoms with E-state index in [0.717, 1.165) is 6.07 Å². The summed E-state index contributed by atoms with van der Waals surface area (Å²) in [6.07, 6.45) is 0. The average molecular weight is 331 g/mol. The van der Waals surface area contributed by atoms with Crippen LogP contribution in [0.3, 0.4) is 0 Å². The molecule has 0 radical (unpaired) electrons. The van der Waals surface area contributed by atoms with E-state index < -0.39 is 96.1 Å². The second-order valence-electron chi connectivity index (χ2n) is 5.83. The molecule has 0 bridgehead atoms. The highest BCUT2D eigenvalue weighted by molar-refractivity contribution is 5.94. The van der Waals surface area contributed by atoms with Gasteiger partial charge in [-0.15, -0.1) is 0 Å². The highest BCUT2D eigenvalue weighted by Gasteiger charge is 2.51. The molecule has 0 heteroatoms. The zero-order valence-corrected chi connectivity index (χ0v) is 12.6. The van der Waals surface area contributed by atoms with Gasteiger partial charge in [0, 0.05) is 0 Å². The van der Waals surface area contributed by atoms with Crippen LogP contribution in [0.25, 0.3) is 22.3 Å². The minimum absolute atomic E-state index is 0.0874. The molecule has 6 rings (SSSR count). The molecule has 2 aliphatic rings. The third kappa shape index (κ3) is 1.40. The van der Waals surface area contributed by atoms with Crippen LogP contribution < -0.4 is 0 Å². The Labute approximate surface area is 168 Å². The summed E-state index contributed by atoms with van der Waals surface area (Å²) in [5.74, 6) is 0. The molecular formula is C25H16. The van der Waals surface area contributed by atoms with Gasteiger partial charge in [0.05, 0.1) is 26.0 Å². The first-order chi connectivity index (χ1) is 18.6. The molecule has 0 atom stereocenters. The summed E-state index contributed by atoms with van der Waals surface area (Å²) in [5.41, 5.74) is -3.95. The van der Waals surface area contributed by atoms with E-state index in [0.29, 0.717) is 0 Å². The molecule has 25 heavy (non-hydrogen) atoms. The van der Waals surface area contributed by atoms with Gasteiger partial charge >= 0.3 is 0 Å². The summed E-state index contributed by atoms with van der Waals surface area (Å²) in [6, 6.07) is -8.22. The number of fused-ring (bicyclic) bond motifs is 10. The van der Waals surface area contributed by atoms with Crippen LogP contribution in [0, 0.1) is 0 Å². The second-order valence-corrected chi connectivity index (χ2v) is 5.83. The predicted octanol–water partition coefficient (Wildman–Crippen LogP) is 6.03. The van der Waals surface area contributed by atoms with Gasteiger partial charge in [-0.3, -0.25) is 0 Å². The molecule has 2 aliphatic carbocycles. The molecule has 0 nitrogen and oxygen atoms in total. The summed E-state index contributed by atoms with van der Waals surface area (Å²) in [6.45, 7) is 0. The van der Waals surface area contributed by atoms with Crippen LogP contribution in [0.5, 0.6) is 0 Å². The van der Waals surface area contributed by atoms with Gasteiger partial charge in [0.25, 0.3) is 0 Å². The molecule has 0 aliphatic heterocycles. The summed E-state index contributed by atoms with van der Waals surface area (Å²) >= 11 is 0. The van der Waals surface area contributed by atoms with Crippen LogP contribution in [0.4, 0.5) is 0 Å². The molecule has 0 fully saturated rings. The van der Waals surface area contributed by atoms with Crippen molar-refractivity contribution in [2.75, 3.05) is 0 Å². The Morgan fingerprint density at radius 3 is 1.28 bits per heavy atom. The first-order valence-corrected chi connectivity index (χ1v) is 7.58. The molecule has 116 valence electrons. The maximum Gasteiger partial charge on any atom is 0.0725 e. The Morgan fingerprint density at radius 1 is 0.440 bits per heavy atom. The van der Waals surface area contributed by atoms with E-state index >= 15 is 0 Å². The van der Waals surface area contributed by atoms with E-state index in [9.17, 15) is 0 Å². The van der Waals surface area contributed by atoms with Crippen LogP contribution in [-0.2, 0) is 5.41 Å². The Kier molecular flexibility index (Phi) is 0.976. The Bertz CT molecular complexity index is 1810. The van der Waals surface area contributed by atoms with Crippen LogP contribution >= 0.6 is 0 Å². The van der Waals surface area contributed by atoms with E-state index in [1.54, 1.807) is 0 Å². The molecule has 0 aromatic heterocycles. The maximum atomic E-state index is 8.95. The lowest BCUT2D eigenvalue weighted by Gasteiger charge is -2.30. The lowest BCUT2D eigenvalue weighted by atomic mass is 9.70. The molecule has 0 unspecified atom stereocenters. The quantitative estimate of drug-likeness (QED) is 0.319. The van der Waals surface area contributed by atoms with Gasteiger partial charge in [0.2, 0.25) is 0 Å². The lowest BCUT2D eigenvalue weighted by molar-refractivity contribution is 0.794. The van der Waals surface area contributed by atoms with Crippen molar-refractivity contribution in [1.82, 2.24) is 0 Å². The molecule has 0 N–H and O–H groups in total. The van der Waals surface area contributed by atoms with Gasteiger partial charge in [-0.05, 0) is 44.5 Å². The predicted molar refractivity (Wildman–Crippen MR) is 103 cm³/mol. The van der Waals surface area contributed by atoms with Gasteiger partial charge in [-0.2, -0.15) is 0 Å². The zero-order chi connectivity index (χ0) is 29.5. The van der Waals surface area contributed by atoms with Crippen molar-refractivity contribution in [3.8, 4) is 22.3 Å². The van der Waals surface area contributed by atoms with Crippen LogP contribution in [0.2, 0.25) is 0 Å². The maximum absolute atomic E-state index is 8.95. The third-order valence-corrected chi connectivity index (χ3v) is 4.84. The average Bonchev–Trinajstić information content (AvgIpc) is 3.40. The number of hydrogen-bond donors (Lipinski definition) is 0. The van der Waals surface area contributed by atoms with Gasteiger partial charge in [-0.1, -0.05) is 96.7 Å². The molecule has 0 saturated carbocycles. The molecular weight excluding hydrogens is 300 g/mol. The van der Waals surface area contributed by atoms with Crippen molar-refractivity contribution in [2.24, 2.45) is 0 Å². The van der Waals surface area contributed by atoms with Crippen molar-refractivity contribution in [2.45, 2.75) is 5.41 Å². The van der Waals surface area contributed by atoms with Crippen LogP contribution in [-0.4, -0.2) is 0 Å². The first kappa shape index (κ1) is 5.44. The van der Waals surface area contributed by atoms with E-state index in [1.165, 1.54) is 0 Å². The largest absolute Gasteiger partial charge is 0.0725 e. The summed E-state index contributed by atoms with van der Waals surface area (Å²) in [5, 5.41) is 0. The topological polar surface area (TPSA) is 0 Å². The third-order valence-electron chi connectivity index (χ3n) is 4.84. The summed E-state index contributed by atoms with van der Waals surface area (Å²) < 4.78 is 129. The van der Waals surface area contributed by atoms with E-state index in [4.69, 9.17) is 20.6 Å². The Balaban J connectivity index is 2.07. The summed E-state index contributed by atoms with van der Waals surface area (Å²) in [7, 11) is 0. The number of rotatable bonds is 0. The lowest BCUT2D eigenvalue weighted by Crippen LogP contribution is -2.25. The second kappa shape index (κ2) is 4.49. The highest BCUT2D eigenvalue weighted by Crippen LogP contribution is 2.62. The van der Waals surface area contributed by atoms with Crippen LogP contribution in [0.15, 0.2) is 96.7 Å². The van der Waals surface area contributed by atoms with Gasteiger partial charge in [0.1, 0.15) is 0 Å². The van der Waals surface area contributed by atoms with Crippen molar-refractivity contribution in [3.05, 3.63) is 119 Å². The van der Waals surface area contributed by atoms with Crippen molar-refractivity contribution in [3.63, 3.8) is 0 Å². The fraction of sp³-hybridized carbons (Fsp3) is 0.0400. The minimum Gasteiger partial charge on any atom is -0.0619 e. The van der Waals surface area contributed by atoms with Crippen molar-refractivity contribution < 1.29 is 20.6 Å². The Hall–Kier alpha value is -3.12. The van der Waals surface area contributed by atoms with E-state index in [2.05, 4.69) is 0 Å². The van der Waals surface area contributed by atoms with Gasteiger partial charge in [0.15, 0.2) is 0 Å². The first-order valence-electron chi connectivity index (χ1n) is 15.1. The van der Waals surface area contributed by atoms with Crippen LogP contribution in [0.1, 0.15) is 42.8 Å². The fourth-order valence-corrected chi connectivity index (χ4v) is 3.96. The highest BCUT2D eigenvalue weighted by atomic mass is 14.5. The Morgan fingerprint density at radius 2 is 0.800 bits per heavy atom. The standard InChI is InChI=1S/C25H16/c1-5-13-21-17(9-1)18-10-2-6-14-22(18)25(21)23-15-7-3-11-19(23)20-12-4-8-16-24(20)25/h1-16H/i1D,2D,3D,4D,5D,6D,7D,8D,9D,10D,11D,12D,13D,14D,15D. The molecule has 1 spiro atoms. The molecule has 4 aromatic carbocycles. The minimum atomic E-state index is -2.17. The SMILES string of the molecule is [2H]c1cc2c(c([2H])c1[2H])-c1c([2H])c([2H])c([2H])c([2H])c1C21c2c([2H])c([2H])c([2H])c([2H])c2-c2c([2H])c([2H])c([2H])c([2H])c21. The van der Waals surface area contributed by atoms with Crippen molar-refractivity contribution >= 4 is 0 Å². The smallest absolute Gasteiger partial charge is 0.0619 e. The molecule has 0 amide bonds. The van der Waals surface area contributed by atoms with Gasteiger partial charge < -0.3 is 0 Å². The van der Waals surface area contributed by atoms with E-state index in [-0.39, 0.29) is 44.5 Å². The molecule has 4 aromatic rings. The normalized spacial score (nSPS) is 23.1. The monoisotopic (exact) mass is 331 g/mol. The fourth-order valence-electron chi connectivity index (χ4n) is 3.96. The van der Waals surface area contributed by atoms with Gasteiger partial charge in [-0.25, -0.2) is 0 Å². The number of benzene rings is 4.